The van der Waals surface area contributed by atoms with Crippen molar-refractivity contribution in [1.82, 2.24) is 0 Å². The summed E-state index contributed by atoms with van der Waals surface area (Å²) >= 11 is 0. The van der Waals surface area contributed by atoms with Gasteiger partial charge in [-0.15, -0.1) is 0 Å². The Labute approximate surface area is 90.2 Å². The molecule has 0 saturated carbocycles. The van der Waals surface area contributed by atoms with Gasteiger partial charge in [-0.3, -0.25) is 0 Å². The van der Waals surface area contributed by atoms with Crippen molar-refractivity contribution in [1.29, 1.82) is 0 Å². The van der Waals surface area contributed by atoms with Gasteiger partial charge in [0.1, 0.15) is 11.9 Å². The highest BCUT2D eigenvalue weighted by Gasteiger charge is 2.16. The molecule has 0 aliphatic carbocycles. The average Bonchev–Trinajstić information content (AvgIpc) is 2.71. The lowest BCUT2D eigenvalue weighted by Crippen LogP contribution is -2.15. The van der Waals surface area contributed by atoms with Crippen molar-refractivity contribution >= 4 is 0 Å². The largest absolute Gasteiger partial charge is 0.488 e. The summed E-state index contributed by atoms with van der Waals surface area (Å²) in [6, 6.07) is 8.04. The van der Waals surface area contributed by atoms with E-state index in [-0.39, 0.29) is 12.1 Å². The normalized spacial score (nSPS) is 22.7. The van der Waals surface area contributed by atoms with Gasteiger partial charge >= 0.3 is 0 Å². The number of hydrogen-bond acceptors (Lipinski definition) is 3. The maximum atomic E-state index is 5.77. The Kier molecular flexibility index (Phi) is 3.23. The van der Waals surface area contributed by atoms with Gasteiger partial charge in [0.15, 0.2) is 0 Å². The fraction of sp³-hybridized carbons (Fsp3) is 0.500. The number of benzene rings is 1. The molecule has 1 aliphatic rings. The molecule has 2 rings (SSSR count). The first kappa shape index (κ1) is 10.5. The topological polar surface area (TPSA) is 44.5 Å². The monoisotopic (exact) mass is 207 g/mol. The molecule has 0 aromatic heterocycles. The van der Waals surface area contributed by atoms with Crippen LogP contribution < -0.4 is 10.5 Å². The van der Waals surface area contributed by atoms with Crippen LogP contribution in [0.15, 0.2) is 24.3 Å². The quantitative estimate of drug-likeness (QED) is 0.823. The molecule has 1 heterocycles. The Hall–Kier alpha value is -1.06. The highest BCUT2D eigenvalue weighted by atomic mass is 16.5. The predicted molar refractivity (Wildman–Crippen MR) is 58.9 cm³/mol. The zero-order valence-corrected chi connectivity index (χ0v) is 8.98. The molecule has 0 bridgehead atoms. The second kappa shape index (κ2) is 4.64. The number of hydrogen-bond donors (Lipinski definition) is 1. The van der Waals surface area contributed by atoms with Crippen LogP contribution in [0.25, 0.3) is 0 Å². The van der Waals surface area contributed by atoms with E-state index in [9.17, 15) is 0 Å². The molecule has 2 unspecified atom stereocenters. The van der Waals surface area contributed by atoms with Crippen LogP contribution in [0.1, 0.15) is 24.9 Å². The van der Waals surface area contributed by atoms with Crippen molar-refractivity contribution in [3.63, 3.8) is 0 Å². The van der Waals surface area contributed by atoms with Gasteiger partial charge in [-0.05, 0) is 24.6 Å². The summed E-state index contributed by atoms with van der Waals surface area (Å²) in [5.74, 6) is 0.898. The summed E-state index contributed by atoms with van der Waals surface area (Å²) in [7, 11) is 0. The first-order valence-electron chi connectivity index (χ1n) is 5.35. The summed E-state index contributed by atoms with van der Waals surface area (Å²) in [5.41, 5.74) is 6.90. The number of rotatable bonds is 3. The van der Waals surface area contributed by atoms with Crippen molar-refractivity contribution < 1.29 is 9.47 Å². The van der Waals surface area contributed by atoms with Crippen LogP contribution in [-0.4, -0.2) is 19.3 Å². The van der Waals surface area contributed by atoms with E-state index < -0.39 is 0 Å². The van der Waals surface area contributed by atoms with Gasteiger partial charge in [0.2, 0.25) is 0 Å². The standard InChI is InChI=1S/C12H17NO2/c1-9(13)10-2-4-11(5-3-10)15-12-6-7-14-8-12/h2-5,9,12H,6-8,13H2,1H3. The molecule has 15 heavy (non-hydrogen) atoms. The Bertz CT molecular complexity index is 302. The van der Waals surface area contributed by atoms with Crippen LogP contribution >= 0.6 is 0 Å². The van der Waals surface area contributed by atoms with Crippen LogP contribution in [0.2, 0.25) is 0 Å². The molecule has 1 saturated heterocycles. The maximum absolute atomic E-state index is 5.77. The molecule has 3 nitrogen and oxygen atoms in total. The lowest BCUT2D eigenvalue weighted by molar-refractivity contribution is 0.141. The van der Waals surface area contributed by atoms with Gasteiger partial charge in [0.25, 0.3) is 0 Å². The van der Waals surface area contributed by atoms with Crippen molar-refractivity contribution in [2.24, 2.45) is 5.73 Å². The fourth-order valence-electron chi connectivity index (χ4n) is 1.65. The van der Waals surface area contributed by atoms with Crippen LogP contribution in [0.4, 0.5) is 0 Å². The Morgan fingerprint density at radius 2 is 2.13 bits per heavy atom. The smallest absolute Gasteiger partial charge is 0.124 e. The second-order valence-electron chi connectivity index (χ2n) is 3.96. The summed E-state index contributed by atoms with van der Waals surface area (Å²) in [5, 5.41) is 0. The third kappa shape index (κ3) is 2.70. The zero-order valence-electron chi connectivity index (χ0n) is 8.98. The van der Waals surface area contributed by atoms with Gasteiger partial charge in [0.05, 0.1) is 13.2 Å². The third-order valence-electron chi connectivity index (χ3n) is 2.60. The Morgan fingerprint density at radius 1 is 1.40 bits per heavy atom. The summed E-state index contributed by atoms with van der Waals surface area (Å²) in [6.45, 7) is 3.48. The highest BCUT2D eigenvalue weighted by molar-refractivity contribution is 5.28. The van der Waals surface area contributed by atoms with Crippen LogP contribution in [0.3, 0.4) is 0 Å². The lowest BCUT2D eigenvalue weighted by atomic mass is 10.1. The fourth-order valence-corrected chi connectivity index (χ4v) is 1.65. The van der Waals surface area contributed by atoms with E-state index in [4.69, 9.17) is 15.2 Å². The molecule has 2 N–H and O–H groups in total. The molecule has 1 fully saturated rings. The van der Waals surface area contributed by atoms with Gasteiger partial charge < -0.3 is 15.2 Å². The SMILES string of the molecule is CC(N)c1ccc(OC2CCOC2)cc1. The first-order valence-corrected chi connectivity index (χ1v) is 5.35. The van der Waals surface area contributed by atoms with E-state index in [0.717, 1.165) is 24.3 Å². The maximum Gasteiger partial charge on any atom is 0.124 e. The predicted octanol–water partition coefficient (Wildman–Crippen LogP) is 1.87. The van der Waals surface area contributed by atoms with Gasteiger partial charge in [-0.25, -0.2) is 0 Å². The molecular formula is C12H17NO2. The van der Waals surface area contributed by atoms with E-state index in [1.807, 2.05) is 31.2 Å². The van der Waals surface area contributed by atoms with Crippen LogP contribution in [0.5, 0.6) is 5.75 Å². The summed E-state index contributed by atoms with van der Waals surface area (Å²) < 4.78 is 11.0. The molecular weight excluding hydrogens is 190 g/mol. The van der Waals surface area contributed by atoms with E-state index in [2.05, 4.69) is 0 Å². The molecule has 3 heteroatoms. The van der Waals surface area contributed by atoms with Gasteiger partial charge in [0, 0.05) is 12.5 Å². The van der Waals surface area contributed by atoms with E-state index in [1.165, 1.54) is 0 Å². The van der Waals surface area contributed by atoms with Crippen LogP contribution in [0, 0.1) is 0 Å². The number of nitrogens with two attached hydrogens (primary N) is 1. The molecule has 1 aromatic rings. The minimum atomic E-state index is 0.0777. The van der Waals surface area contributed by atoms with Crippen molar-refractivity contribution in [3.05, 3.63) is 29.8 Å². The molecule has 1 aliphatic heterocycles. The molecule has 0 spiro atoms. The number of ether oxygens (including phenoxy) is 2. The Balaban J connectivity index is 1.97. The van der Waals surface area contributed by atoms with Gasteiger partial charge in [-0.1, -0.05) is 12.1 Å². The molecule has 1 aromatic carbocycles. The van der Waals surface area contributed by atoms with Crippen molar-refractivity contribution in [2.45, 2.75) is 25.5 Å². The van der Waals surface area contributed by atoms with E-state index in [0.29, 0.717) is 6.61 Å². The third-order valence-corrected chi connectivity index (χ3v) is 2.60. The second-order valence-corrected chi connectivity index (χ2v) is 3.96. The molecule has 0 amide bonds. The van der Waals surface area contributed by atoms with Crippen molar-refractivity contribution in [2.75, 3.05) is 13.2 Å². The molecule has 2 atom stereocenters. The van der Waals surface area contributed by atoms with E-state index in [1.54, 1.807) is 0 Å². The lowest BCUT2D eigenvalue weighted by Gasteiger charge is -2.12. The Morgan fingerprint density at radius 3 is 2.67 bits per heavy atom. The summed E-state index contributed by atoms with van der Waals surface area (Å²) in [6.07, 6.45) is 1.20. The molecule has 0 radical (unpaired) electrons. The zero-order chi connectivity index (χ0) is 10.7. The molecule has 82 valence electrons. The first-order chi connectivity index (χ1) is 7.25. The minimum absolute atomic E-state index is 0.0777. The minimum Gasteiger partial charge on any atom is -0.488 e. The van der Waals surface area contributed by atoms with Crippen molar-refractivity contribution in [3.8, 4) is 5.75 Å². The van der Waals surface area contributed by atoms with E-state index >= 15 is 0 Å². The highest BCUT2D eigenvalue weighted by Crippen LogP contribution is 2.19. The van der Waals surface area contributed by atoms with Gasteiger partial charge in [-0.2, -0.15) is 0 Å². The summed E-state index contributed by atoms with van der Waals surface area (Å²) in [4.78, 5) is 0. The average molecular weight is 207 g/mol. The van der Waals surface area contributed by atoms with Crippen LogP contribution in [-0.2, 0) is 4.74 Å².